The Labute approximate surface area is 202 Å². The molecule has 0 spiro atoms. The number of nitrogens with zero attached hydrogens (tertiary/aromatic N) is 5. The second-order valence-corrected chi connectivity index (χ2v) is 8.07. The van der Waals surface area contributed by atoms with Crippen LogP contribution in [0.1, 0.15) is 36.2 Å². The van der Waals surface area contributed by atoms with Crippen molar-refractivity contribution in [2.45, 2.75) is 37.8 Å². The van der Waals surface area contributed by atoms with E-state index in [-0.39, 0.29) is 23.6 Å². The maximum atomic E-state index is 12.1. The summed E-state index contributed by atoms with van der Waals surface area (Å²) in [6, 6.07) is 7.25. The van der Waals surface area contributed by atoms with Crippen LogP contribution in [0.25, 0.3) is 11.4 Å². The molecule has 9 N–H and O–H groups in total. The maximum Gasteiger partial charge on any atom is 0.271 e. The van der Waals surface area contributed by atoms with Crippen LogP contribution in [0.2, 0.25) is 0 Å². The molecule has 0 unspecified atom stereocenters. The molecule has 1 saturated carbocycles. The number of carbonyl (C=O) groups is 1. The molecule has 0 saturated heterocycles. The van der Waals surface area contributed by atoms with Gasteiger partial charge < -0.3 is 27.8 Å². The van der Waals surface area contributed by atoms with Gasteiger partial charge in [0.05, 0.1) is 6.20 Å². The minimum Gasteiger partial charge on any atom is -0.364 e. The number of benzene rings is 1. The van der Waals surface area contributed by atoms with Gasteiger partial charge in [0.2, 0.25) is 6.34 Å². The van der Waals surface area contributed by atoms with Crippen molar-refractivity contribution in [1.82, 2.24) is 19.9 Å². The molecule has 2 atom stereocenters. The average Bonchev–Trinajstić information content (AvgIpc) is 2.86. The number of hydrogen-bond acceptors (Lipinski definition) is 9. The fourth-order valence-electron chi connectivity index (χ4n) is 3.88. The molecular formula is C23H28N11O+. The normalized spacial score (nSPS) is 18.1. The lowest BCUT2D eigenvalue weighted by molar-refractivity contribution is -0.298. The van der Waals surface area contributed by atoms with Crippen LogP contribution in [0, 0.1) is 0 Å². The van der Waals surface area contributed by atoms with Gasteiger partial charge in [-0.3, -0.25) is 9.79 Å². The molecule has 0 radical (unpaired) electrons. The molecule has 1 amide bonds. The highest BCUT2D eigenvalue weighted by Gasteiger charge is 2.23. The van der Waals surface area contributed by atoms with E-state index in [1.165, 1.54) is 18.9 Å². The van der Waals surface area contributed by atoms with Gasteiger partial charge in [0.15, 0.2) is 23.7 Å². The first kappa shape index (κ1) is 23.7. The third-order valence-corrected chi connectivity index (χ3v) is 5.55. The van der Waals surface area contributed by atoms with Crippen molar-refractivity contribution in [3.8, 4) is 11.4 Å². The molecule has 2 aromatic heterocycles. The summed E-state index contributed by atoms with van der Waals surface area (Å²) in [4.78, 5) is 36.6. The van der Waals surface area contributed by atoms with Crippen molar-refractivity contribution in [1.29, 1.82) is 0 Å². The Morgan fingerprint density at radius 3 is 2.69 bits per heavy atom. The zero-order chi connectivity index (χ0) is 24.6. The van der Waals surface area contributed by atoms with Crippen molar-refractivity contribution in [3.63, 3.8) is 0 Å². The van der Waals surface area contributed by atoms with Crippen LogP contribution < -0.4 is 32.8 Å². The lowest BCUT2D eigenvalue weighted by Gasteiger charge is -2.29. The van der Waals surface area contributed by atoms with E-state index in [0.29, 0.717) is 28.6 Å². The Bertz CT molecular complexity index is 1230. The number of nitrogens with two attached hydrogens (primary N) is 3. The number of carbonyl (C=O) groups excluding carboxylic acids is 1. The van der Waals surface area contributed by atoms with Gasteiger partial charge in [0.1, 0.15) is 11.5 Å². The molecule has 4 rings (SSSR count). The van der Waals surface area contributed by atoms with Crippen LogP contribution in [0.5, 0.6) is 0 Å². The second-order valence-electron chi connectivity index (χ2n) is 8.07. The van der Waals surface area contributed by atoms with E-state index in [0.717, 1.165) is 25.7 Å². The molecule has 0 bridgehead atoms. The molecule has 35 heavy (non-hydrogen) atoms. The SMILES string of the molecule is NC=[NH+]C=Nc1cc(Nc2nc(N[C@@H]3CCCC[C@@H]3N)cnc2C(N)=O)cc(-c2ncccn2)c1. The number of primary amides is 1. The Balaban J connectivity index is 1.69. The van der Waals surface area contributed by atoms with Crippen LogP contribution >= 0.6 is 0 Å². The molecule has 2 heterocycles. The average molecular weight is 475 g/mol. The van der Waals surface area contributed by atoms with Crippen LogP contribution in [0.15, 0.2) is 47.8 Å². The smallest absolute Gasteiger partial charge is 0.271 e. The van der Waals surface area contributed by atoms with Gasteiger partial charge in [-0.25, -0.2) is 19.9 Å². The monoisotopic (exact) mass is 474 g/mol. The van der Waals surface area contributed by atoms with E-state index in [4.69, 9.17) is 17.2 Å². The minimum atomic E-state index is -0.704. The van der Waals surface area contributed by atoms with Crippen molar-refractivity contribution in [2.75, 3.05) is 10.6 Å². The van der Waals surface area contributed by atoms with Gasteiger partial charge in [-0.1, -0.05) is 12.8 Å². The van der Waals surface area contributed by atoms with Gasteiger partial charge >= 0.3 is 0 Å². The molecule has 3 aromatic rings. The molecule has 1 fully saturated rings. The standard InChI is InChI=1S/C23H27N11O/c24-12-27-13-31-15-8-14(22-28-6-3-7-29-22)9-16(10-15)32-23-20(21(26)35)30-11-19(34-23)33-18-5-2-1-4-17(18)25/h3,6-13,17-18H,1-2,4-5,25H2,(H2,26,35)(H2,24,27,31)(H2,32,33,34)/p+1/t17-,18+/m0/s1. The summed E-state index contributed by atoms with van der Waals surface area (Å²) in [6.07, 6.45) is 11.6. The van der Waals surface area contributed by atoms with Crippen molar-refractivity contribution in [3.05, 3.63) is 48.5 Å². The summed E-state index contributed by atoms with van der Waals surface area (Å²) in [5.41, 5.74) is 19.1. The molecule has 1 aliphatic rings. The predicted molar refractivity (Wildman–Crippen MR) is 135 cm³/mol. The molecular weight excluding hydrogens is 446 g/mol. The fourth-order valence-corrected chi connectivity index (χ4v) is 3.88. The third kappa shape index (κ3) is 6.12. The molecule has 12 nitrogen and oxygen atoms in total. The highest BCUT2D eigenvalue weighted by molar-refractivity contribution is 5.96. The zero-order valence-electron chi connectivity index (χ0n) is 19.1. The van der Waals surface area contributed by atoms with E-state index < -0.39 is 5.91 Å². The van der Waals surface area contributed by atoms with E-state index in [1.807, 2.05) is 12.1 Å². The van der Waals surface area contributed by atoms with E-state index >= 15 is 0 Å². The molecule has 180 valence electrons. The van der Waals surface area contributed by atoms with Crippen molar-refractivity contribution in [2.24, 2.45) is 22.2 Å². The van der Waals surface area contributed by atoms with Gasteiger partial charge in [0.25, 0.3) is 5.91 Å². The van der Waals surface area contributed by atoms with E-state index in [9.17, 15) is 4.79 Å². The number of hydrogen-bond donors (Lipinski definition) is 6. The molecule has 1 aliphatic carbocycles. The van der Waals surface area contributed by atoms with Gasteiger partial charge in [0, 0.05) is 41.8 Å². The first-order valence-electron chi connectivity index (χ1n) is 11.2. The third-order valence-electron chi connectivity index (χ3n) is 5.55. The molecule has 0 aliphatic heterocycles. The number of aromatic nitrogens is 4. The molecule has 1 aromatic carbocycles. The maximum absolute atomic E-state index is 12.1. The minimum absolute atomic E-state index is 0.00862. The highest BCUT2D eigenvalue weighted by atomic mass is 16.1. The first-order chi connectivity index (χ1) is 17.0. The van der Waals surface area contributed by atoms with E-state index in [1.54, 1.807) is 24.5 Å². The summed E-state index contributed by atoms with van der Waals surface area (Å²) in [6.45, 7) is 0. The summed E-state index contributed by atoms with van der Waals surface area (Å²) in [7, 11) is 0. The Morgan fingerprint density at radius 1 is 1.14 bits per heavy atom. The van der Waals surface area contributed by atoms with Gasteiger partial charge in [-0.2, -0.15) is 0 Å². The lowest BCUT2D eigenvalue weighted by atomic mass is 9.91. The number of anilines is 3. The largest absolute Gasteiger partial charge is 0.364 e. The zero-order valence-corrected chi connectivity index (χ0v) is 19.1. The van der Waals surface area contributed by atoms with Crippen LogP contribution in [-0.2, 0) is 0 Å². The number of nitrogens with one attached hydrogen (secondary N) is 3. The first-order valence-corrected chi connectivity index (χ1v) is 11.2. The Morgan fingerprint density at radius 2 is 1.94 bits per heavy atom. The summed E-state index contributed by atoms with van der Waals surface area (Å²) < 4.78 is 0. The highest BCUT2D eigenvalue weighted by Crippen LogP contribution is 2.29. The predicted octanol–water partition coefficient (Wildman–Crippen LogP) is 0.185. The lowest BCUT2D eigenvalue weighted by Crippen LogP contribution is -2.68. The quantitative estimate of drug-likeness (QED) is 0.195. The topological polar surface area (TPSA) is 197 Å². The van der Waals surface area contributed by atoms with Gasteiger partial charge in [-0.15, -0.1) is 4.99 Å². The summed E-state index contributed by atoms with van der Waals surface area (Å²) in [5, 5.41) is 6.50. The van der Waals surface area contributed by atoms with Crippen molar-refractivity contribution >= 4 is 41.6 Å². The summed E-state index contributed by atoms with van der Waals surface area (Å²) in [5.74, 6) is 0.517. The van der Waals surface area contributed by atoms with Gasteiger partial charge in [-0.05, 0) is 31.0 Å². The van der Waals surface area contributed by atoms with Crippen molar-refractivity contribution < 1.29 is 9.79 Å². The van der Waals surface area contributed by atoms with Crippen LogP contribution in [0.4, 0.5) is 23.0 Å². The second kappa shape index (κ2) is 11.1. The molecule has 12 heteroatoms. The van der Waals surface area contributed by atoms with Crippen LogP contribution in [-0.4, -0.2) is 50.6 Å². The number of amides is 1. The number of rotatable bonds is 8. The Kier molecular flexibility index (Phi) is 7.53. The van der Waals surface area contributed by atoms with E-state index in [2.05, 4.69) is 40.6 Å². The fraction of sp³-hybridized carbons (Fsp3) is 0.261. The summed E-state index contributed by atoms with van der Waals surface area (Å²) >= 11 is 0. The Hall–Kier alpha value is -4.45. The number of aliphatic imine (C=N–C) groups is 1. The van der Waals surface area contributed by atoms with Crippen LogP contribution in [0.3, 0.4) is 0 Å².